The molecule has 2 rings (SSSR count). The molecule has 182 valence electrons. The molecule has 0 saturated carbocycles. The van der Waals surface area contributed by atoms with Crippen molar-refractivity contribution in [2.75, 3.05) is 31.2 Å². The lowest BCUT2D eigenvalue weighted by atomic mass is 10.0. The zero-order chi connectivity index (χ0) is 23.6. The Hall–Kier alpha value is -2.24. The minimum atomic E-state index is 0.0529. The van der Waals surface area contributed by atoms with E-state index in [1.54, 1.807) is 0 Å². The maximum absolute atomic E-state index is 9.21. The summed E-state index contributed by atoms with van der Waals surface area (Å²) in [4.78, 5) is 1.95. The van der Waals surface area contributed by atoms with Crippen molar-refractivity contribution >= 4 is 17.1 Å². The molecule has 0 spiro atoms. The van der Waals surface area contributed by atoms with Crippen LogP contribution < -0.4 is 4.90 Å². The van der Waals surface area contributed by atoms with Crippen LogP contribution >= 0.6 is 0 Å². The lowest BCUT2D eigenvalue weighted by molar-refractivity contribution is 0.281. The van der Waals surface area contributed by atoms with Crippen molar-refractivity contribution in [2.24, 2.45) is 10.2 Å². The molecule has 0 aliphatic carbocycles. The molecule has 0 radical (unpaired) electrons. The van der Waals surface area contributed by atoms with Crippen molar-refractivity contribution in [3.8, 4) is 0 Å². The standard InChI is InChI=1S/C28H43N3O2/c1-2-3-4-5-6-7-8-9-10-11-14-25-15-12-13-16-28(25)30-29-26-17-19-27(20-18-26)31(21-23-32)22-24-33/h12-13,15-20,32-33H,2-11,14,21-24H2,1H3/b30-29+. The molecule has 0 unspecified atom stereocenters. The van der Waals surface area contributed by atoms with Crippen LogP contribution in [0.2, 0.25) is 0 Å². The second kappa shape index (κ2) is 17.3. The lowest BCUT2D eigenvalue weighted by Crippen LogP contribution is -2.29. The van der Waals surface area contributed by atoms with Gasteiger partial charge in [-0.3, -0.25) is 0 Å². The highest BCUT2D eigenvalue weighted by molar-refractivity contribution is 5.53. The minimum absolute atomic E-state index is 0.0529. The van der Waals surface area contributed by atoms with Crippen molar-refractivity contribution in [1.29, 1.82) is 0 Å². The van der Waals surface area contributed by atoms with Crippen LogP contribution in [0.4, 0.5) is 17.1 Å². The van der Waals surface area contributed by atoms with Crippen LogP contribution in [-0.4, -0.2) is 36.5 Å². The summed E-state index contributed by atoms with van der Waals surface area (Å²) in [5.74, 6) is 0. The number of azo groups is 1. The smallest absolute Gasteiger partial charge is 0.0889 e. The predicted octanol–water partition coefficient (Wildman–Crippen LogP) is 7.36. The summed E-state index contributed by atoms with van der Waals surface area (Å²) in [7, 11) is 0. The first-order valence-electron chi connectivity index (χ1n) is 12.8. The van der Waals surface area contributed by atoms with Gasteiger partial charge in [0.15, 0.2) is 0 Å². The van der Waals surface area contributed by atoms with E-state index in [1.807, 2.05) is 41.3 Å². The van der Waals surface area contributed by atoms with Gasteiger partial charge in [0.1, 0.15) is 0 Å². The van der Waals surface area contributed by atoms with Crippen LogP contribution in [0.15, 0.2) is 58.8 Å². The Morgan fingerprint density at radius 3 is 1.85 bits per heavy atom. The van der Waals surface area contributed by atoms with Gasteiger partial charge in [-0.15, -0.1) is 0 Å². The Morgan fingerprint density at radius 2 is 1.24 bits per heavy atom. The molecule has 0 bridgehead atoms. The molecule has 0 aromatic heterocycles. The number of nitrogens with zero attached hydrogens (tertiary/aromatic N) is 3. The summed E-state index contributed by atoms with van der Waals surface area (Å²) < 4.78 is 0. The summed E-state index contributed by atoms with van der Waals surface area (Å²) in [6, 6.07) is 16.0. The van der Waals surface area contributed by atoms with Gasteiger partial charge in [0.05, 0.1) is 24.6 Å². The van der Waals surface area contributed by atoms with Gasteiger partial charge in [-0.05, 0) is 48.7 Å². The summed E-state index contributed by atoms with van der Waals surface area (Å²) in [5.41, 5.74) is 3.95. The SMILES string of the molecule is CCCCCCCCCCCCc1ccccc1/N=N/c1ccc(N(CCO)CCO)cc1. The molecular weight excluding hydrogens is 410 g/mol. The monoisotopic (exact) mass is 453 g/mol. The quantitative estimate of drug-likeness (QED) is 0.183. The normalized spacial score (nSPS) is 11.4. The molecular formula is C28H43N3O2. The van der Waals surface area contributed by atoms with Crippen molar-refractivity contribution in [3.05, 3.63) is 54.1 Å². The topological polar surface area (TPSA) is 68.4 Å². The van der Waals surface area contributed by atoms with E-state index in [2.05, 4.69) is 29.3 Å². The number of aliphatic hydroxyl groups excluding tert-OH is 2. The molecule has 2 aromatic rings. The third-order valence-electron chi connectivity index (χ3n) is 6.02. The Kier molecular flexibility index (Phi) is 14.1. The van der Waals surface area contributed by atoms with Crippen LogP contribution in [0.3, 0.4) is 0 Å². The molecule has 0 atom stereocenters. The average Bonchev–Trinajstić information content (AvgIpc) is 2.85. The fourth-order valence-electron chi connectivity index (χ4n) is 4.08. The first kappa shape index (κ1) is 27.0. The van der Waals surface area contributed by atoms with Crippen molar-refractivity contribution in [2.45, 2.75) is 77.6 Å². The first-order chi connectivity index (χ1) is 16.3. The fourth-order valence-corrected chi connectivity index (χ4v) is 4.08. The maximum Gasteiger partial charge on any atom is 0.0889 e. The first-order valence-corrected chi connectivity index (χ1v) is 12.8. The van der Waals surface area contributed by atoms with Gasteiger partial charge in [0.2, 0.25) is 0 Å². The molecule has 2 N–H and O–H groups in total. The number of unbranched alkanes of at least 4 members (excludes halogenated alkanes) is 9. The maximum atomic E-state index is 9.21. The van der Waals surface area contributed by atoms with E-state index < -0.39 is 0 Å². The Labute approximate surface area is 200 Å². The van der Waals surface area contributed by atoms with Crippen molar-refractivity contribution in [1.82, 2.24) is 0 Å². The highest BCUT2D eigenvalue weighted by atomic mass is 16.3. The zero-order valence-electron chi connectivity index (χ0n) is 20.5. The molecule has 0 aliphatic heterocycles. The lowest BCUT2D eigenvalue weighted by Gasteiger charge is -2.22. The van der Waals surface area contributed by atoms with E-state index in [9.17, 15) is 10.2 Å². The highest BCUT2D eigenvalue weighted by Crippen LogP contribution is 2.25. The van der Waals surface area contributed by atoms with Crippen molar-refractivity contribution < 1.29 is 10.2 Å². The van der Waals surface area contributed by atoms with Gasteiger partial charge in [0.25, 0.3) is 0 Å². The molecule has 0 amide bonds. The van der Waals surface area contributed by atoms with Crippen LogP contribution in [0.1, 0.15) is 76.7 Å². The molecule has 5 heteroatoms. The Bertz CT molecular complexity index is 771. The van der Waals surface area contributed by atoms with E-state index in [4.69, 9.17) is 0 Å². The van der Waals surface area contributed by atoms with Crippen LogP contribution in [0.25, 0.3) is 0 Å². The second-order valence-corrected chi connectivity index (χ2v) is 8.71. The molecule has 0 fully saturated rings. The summed E-state index contributed by atoms with van der Waals surface area (Å²) in [6.07, 6.45) is 14.5. The average molecular weight is 454 g/mol. The van der Waals surface area contributed by atoms with E-state index in [0.29, 0.717) is 13.1 Å². The number of hydrogen-bond acceptors (Lipinski definition) is 5. The Morgan fingerprint density at radius 1 is 0.667 bits per heavy atom. The number of aliphatic hydroxyl groups is 2. The second-order valence-electron chi connectivity index (χ2n) is 8.71. The van der Waals surface area contributed by atoms with E-state index in [0.717, 1.165) is 23.5 Å². The number of anilines is 1. The number of rotatable bonds is 18. The molecule has 0 aliphatic rings. The van der Waals surface area contributed by atoms with Gasteiger partial charge >= 0.3 is 0 Å². The number of benzene rings is 2. The fraction of sp³-hybridized carbons (Fsp3) is 0.571. The van der Waals surface area contributed by atoms with Crippen LogP contribution in [0, 0.1) is 0 Å². The van der Waals surface area contributed by atoms with E-state index in [1.165, 1.54) is 69.8 Å². The third kappa shape index (κ3) is 11.0. The molecule has 0 heterocycles. The minimum Gasteiger partial charge on any atom is -0.395 e. The summed E-state index contributed by atoms with van der Waals surface area (Å²) in [5, 5.41) is 27.4. The van der Waals surface area contributed by atoms with Gasteiger partial charge < -0.3 is 15.1 Å². The van der Waals surface area contributed by atoms with Gasteiger partial charge in [-0.2, -0.15) is 10.2 Å². The Balaban J connectivity index is 1.79. The van der Waals surface area contributed by atoms with Crippen LogP contribution in [0.5, 0.6) is 0 Å². The summed E-state index contributed by atoms with van der Waals surface area (Å²) >= 11 is 0. The third-order valence-corrected chi connectivity index (χ3v) is 6.02. The van der Waals surface area contributed by atoms with Gasteiger partial charge in [-0.1, -0.05) is 82.9 Å². The molecule has 33 heavy (non-hydrogen) atoms. The van der Waals surface area contributed by atoms with Gasteiger partial charge in [0, 0.05) is 18.8 Å². The molecule has 0 saturated heterocycles. The van der Waals surface area contributed by atoms with Crippen LogP contribution in [-0.2, 0) is 6.42 Å². The van der Waals surface area contributed by atoms with E-state index >= 15 is 0 Å². The highest BCUT2D eigenvalue weighted by Gasteiger charge is 2.05. The molecule has 5 nitrogen and oxygen atoms in total. The van der Waals surface area contributed by atoms with Crippen molar-refractivity contribution in [3.63, 3.8) is 0 Å². The van der Waals surface area contributed by atoms with Gasteiger partial charge in [-0.25, -0.2) is 0 Å². The summed E-state index contributed by atoms with van der Waals surface area (Å²) in [6.45, 7) is 3.36. The largest absolute Gasteiger partial charge is 0.395 e. The number of aryl methyl sites for hydroxylation is 1. The van der Waals surface area contributed by atoms with E-state index in [-0.39, 0.29) is 13.2 Å². The number of hydrogen-bond donors (Lipinski definition) is 2. The zero-order valence-corrected chi connectivity index (χ0v) is 20.5. The molecule has 2 aromatic carbocycles. The predicted molar refractivity (Wildman–Crippen MR) is 139 cm³/mol.